The molecule has 0 saturated heterocycles. The SMILES string of the molecule is CCCNC(c1ccc(Br)o1)c1cc(F)ccc1C. The monoisotopic (exact) mass is 325 g/mol. The third kappa shape index (κ3) is 3.45. The molecule has 1 N–H and O–H groups in total. The summed E-state index contributed by atoms with van der Waals surface area (Å²) in [6.07, 6.45) is 1.01. The highest BCUT2D eigenvalue weighted by atomic mass is 79.9. The second-order valence-corrected chi connectivity index (χ2v) is 5.31. The van der Waals surface area contributed by atoms with Crippen LogP contribution in [-0.4, -0.2) is 6.54 Å². The maximum absolute atomic E-state index is 13.5. The van der Waals surface area contributed by atoms with Gasteiger partial charge in [0.15, 0.2) is 4.67 Å². The Morgan fingerprint density at radius 2 is 2.11 bits per heavy atom. The van der Waals surface area contributed by atoms with E-state index in [9.17, 15) is 4.39 Å². The molecule has 102 valence electrons. The van der Waals surface area contributed by atoms with Gasteiger partial charge in [0, 0.05) is 0 Å². The predicted molar refractivity (Wildman–Crippen MR) is 77.7 cm³/mol. The maximum Gasteiger partial charge on any atom is 0.169 e. The largest absolute Gasteiger partial charge is 0.452 e. The molecule has 0 fully saturated rings. The fourth-order valence-electron chi connectivity index (χ4n) is 2.06. The standard InChI is InChI=1S/C15H17BrFNO/c1-3-8-18-15(13-6-7-14(16)19-13)12-9-11(17)5-4-10(12)2/h4-7,9,15,18H,3,8H2,1-2H3. The van der Waals surface area contributed by atoms with Crippen molar-refractivity contribution in [1.29, 1.82) is 0 Å². The predicted octanol–water partition coefficient (Wildman–Crippen LogP) is 4.58. The van der Waals surface area contributed by atoms with Crippen LogP contribution in [-0.2, 0) is 0 Å². The quantitative estimate of drug-likeness (QED) is 0.870. The van der Waals surface area contributed by atoms with Crippen molar-refractivity contribution in [2.75, 3.05) is 6.54 Å². The van der Waals surface area contributed by atoms with E-state index in [1.54, 1.807) is 12.1 Å². The Kier molecular flexibility index (Phi) is 4.77. The molecule has 1 unspecified atom stereocenters. The first kappa shape index (κ1) is 14.3. The van der Waals surface area contributed by atoms with Crippen LogP contribution in [0.25, 0.3) is 0 Å². The summed E-state index contributed by atoms with van der Waals surface area (Å²) in [6.45, 7) is 4.92. The van der Waals surface area contributed by atoms with Crippen LogP contribution in [0.2, 0.25) is 0 Å². The minimum atomic E-state index is -0.227. The summed E-state index contributed by atoms with van der Waals surface area (Å²) in [6, 6.07) is 8.48. The van der Waals surface area contributed by atoms with Crippen LogP contribution in [0.3, 0.4) is 0 Å². The summed E-state index contributed by atoms with van der Waals surface area (Å²) in [5.41, 5.74) is 1.96. The zero-order valence-corrected chi connectivity index (χ0v) is 12.6. The van der Waals surface area contributed by atoms with Gasteiger partial charge in [-0.3, -0.25) is 0 Å². The summed E-state index contributed by atoms with van der Waals surface area (Å²) < 4.78 is 19.8. The number of benzene rings is 1. The molecular weight excluding hydrogens is 309 g/mol. The minimum Gasteiger partial charge on any atom is -0.452 e. The van der Waals surface area contributed by atoms with E-state index in [0.29, 0.717) is 4.67 Å². The Morgan fingerprint density at radius 3 is 2.74 bits per heavy atom. The number of aryl methyl sites for hydroxylation is 1. The topological polar surface area (TPSA) is 25.2 Å². The Balaban J connectivity index is 2.39. The average molecular weight is 326 g/mol. The number of nitrogens with one attached hydrogen (secondary N) is 1. The zero-order chi connectivity index (χ0) is 13.8. The molecule has 0 spiro atoms. The summed E-state index contributed by atoms with van der Waals surface area (Å²) in [5, 5.41) is 3.40. The third-order valence-electron chi connectivity index (χ3n) is 3.03. The van der Waals surface area contributed by atoms with Gasteiger partial charge in [-0.1, -0.05) is 13.0 Å². The highest BCUT2D eigenvalue weighted by molar-refractivity contribution is 9.10. The van der Waals surface area contributed by atoms with E-state index < -0.39 is 0 Å². The highest BCUT2D eigenvalue weighted by Crippen LogP contribution is 2.28. The van der Waals surface area contributed by atoms with Gasteiger partial charge in [0.2, 0.25) is 0 Å². The zero-order valence-electron chi connectivity index (χ0n) is 11.0. The van der Waals surface area contributed by atoms with Crippen LogP contribution >= 0.6 is 15.9 Å². The van der Waals surface area contributed by atoms with E-state index in [4.69, 9.17) is 4.42 Å². The third-order valence-corrected chi connectivity index (χ3v) is 3.46. The first-order valence-corrected chi connectivity index (χ1v) is 7.15. The first-order chi connectivity index (χ1) is 9.11. The molecule has 0 bridgehead atoms. The smallest absolute Gasteiger partial charge is 0.169 e. The molecule has 1 aromatic heterocycles. The molecule has 2 aromatic rings. The van der Waals surface area contributed by atoms with Gasteiger partial charge in [-0.15, -0.1) is 0 Å². The van der Waals surface area contributed by atoms with E-state index >= 15 is 0 Å². The lowest BCUT2D eigenvalue weighted by molar-refractivity contribution is 0.431. The van der Waals surface area contributed by atoms with Crippen molar-refractivity contribution in [3.05, 3.63) is 57.7 Å². The van der Waals surface area contributed by atoms with Gasteiger partial charge in [-0.2, -0.15) is 0 Å². The molecule has 0 aliphatic carbocycles. The minimum absolute atomic E-state index is 0.123. The lowest BCUT2D eigenvalue weighted by Gasteiger charge is -2.19. The molecule has 1 aromatic carbocycles. The Labute approximate surface area is 121 Å². The van der Waals surface area contributed by atoms with Gasteiger partial charge in [0.05, 0.1) is 6.04 Å². The molecule has 19 heavy (non-hydrogen) atoms. The van der Waals surface area contributed by atoms with Gasteiger partial charge in [0.1, 0.15) is 11.6 Å². The molecule has 0 aliphatic rings. The molecule has 2 nitrogen and oxygen atoms in total. The summed E-state index contributed by atoms with van der Waals surface area (Å²) in [5.74, 6) is 0.559. The Bertz CT molecular complexity index is 553. The molecule has 1 atom stereocenters. The lowest BCUT2D eigenvalue weighted by Crippen LogP contribution is -2.23. The van der Waals surface area contributed by atoms with Crippen molar-refractivity contribution in [2.45, 2.75) is 26.3 Å². The van der Waals surface area contributed by atoms with Crippen molar-refractivity contribution in [2.24, 2.45) is 0 Å². The molecule has 0 saturated carbocycles. The Hall–Kier alpha value is -1.13. The molecule has 0 aliphatic heterocycles. The fourth-order valence-corrected chi connectivity index (χ4v) is 2.38. The number of halogens is 2. The number of hydrogen-bond donors (Lipinski definition) is 1. The van der Waals surface area contributed by atoms with Crippen LogP contribution in [0.4, 0.5) is 4.39 Å². The fraction of sp³-hybridized carbons (Fsp3) is 0.333. The van der Waals surface area contributed by atoms with E-state index in [-0.39, 0.29) is 11.9 Å². The van der Waals surface area contributed by atoms with Gasteiger partial charge in [0.25, 0.3) is 0 Å². The van der Waals surface area contributed by atoms with Crippen LogP contribution in [0, 0.1) is 12.7 Å². The molecule has 1 heterocycles. The molecule has 0 radical (unpaired) electrons. The van der Waals surface area contributed by atoms with Gasteiger partial charge in [-0.05, 0) is 71.2 Å². The summed E-state index contributed by atoms with van der Waals surface area (Å²) in [4.78, 5) is 0. The number of hydrogen-bond acceptors (Lipinski definition) is 2. The van der Waals surface area contributed by atoms with Crippen LogP contribution in [0.1, 0.15) is 36.3 Å². The van der Waals surface area contributed by atoms with Crippen molar-refractivity contribution in [1.82, 2.24) is 5.32 Å². The van der Waals surface area contributed by atoms with E-state index in [2.05, 4.69) is 28.2 Å². The lowest BCUT2D eigenvalue weighted by atomic mass is 9.99. The second kappa shape index (κ2) is 6.35. The van der Waals surface area contributed by atoms with E-state index in [1.807, 2.05) is 19.1 Å². The second-order valence-electron chi connectivity index (χ2n) is 4.53. The summed E-state index contributed by atoms with van der Waals surface area (Å²) in [7, 11) is 0. The van der Waals surface area contributed by atoms with Crippen molar-refractivity contribution >= 4 is 15.9 Å². The van der Waals surface area contributed by atoms with Crippen LogP contribution in [0.15, 0.2) is 39.4 Å². The van der Waals surface area contributed by atoms with Crippen LogP contribution in [0.5, 0.6) is 0 Å². The molecule has 0 amide bonds. The normalized spacial score (nSPS) is 12.6. The van der Waals surface area contributed by atoms with Gasteiger partial charge in [-0.25, -0.2) is 4.39 Å². The number of furan rings is 1. The maximum atomic E-state index is 13.5. The van der Waals surface area contributed by atoms with Crippen molar-refractivity contribution in [3.8, 4) is 0 Å². The van der Waals surface area contributed by atoms with Crippen LogP contribution < -0.4 is 5.32 Å². The first-order valence-electron chi connectivity index (χ1n) is 6.36. The van der Waals surface area contributed by atoms with Crippen molar-refractivity contribution in [3.63, 3.8) is 0 Å². The van der Waals surface area contributed by atoms with Gasteiger partial charge >= 0.3 is 0 Å². The molecule has 2 rings (SSSR count). The summed E-state index contributed by atoms with van der Waals surface area (Å²) >= 11 is 3.31. The number of rotatable bonds is 5. The van der Waals surface area contributed by atoms with E-state index in [1.165, 1.54) is 6.07 Å². The van der Waals surface area contributed by atoms with Gasteiger partial charge < -0.3 is 9.73 Å². The molecule has 4 heteroatoms. The van der Waals surface area contributed by atoms with Crippen molar-refractivity contribution < 1.29 is 8.81 Å². The Morgan fingerprint density at radius 1 is 1.32 bits per heavy atom. The molecular formula is C15H17BrFNO. The van der Waals surface area contributed by atoms with E-state index in [0.717, 1.165) is 29.9 Å². The average Bonchev–Trinajstić information content (AvgIpc) is 2.80. The highest BCUT2D eigenvalue weighted by Gasteiger charge is 2.19.